The van der Waals surface area contributed by atoms with Crippen LogP contribution in [0.2, 0.25) is 0 Å². The first kappa shape index (κ1) is 29.5. The van der Waals surface area contributed by atoms with Gasteiger partial charge in [0.05, 0.1) is 47.4 Å². The first-order chi connectivity index (χ1) is 23.1. The Kier molecular flexibility index (Phi) is 6.94. The molecule has 2 aromatic heterocycles. The van der Waals surface area contributed by atoms with Crippen LogP contribution in [0.1, 0.15) is 21.0 Å². The molecule has 48 heavy (non-hydrogen) atoms. The van der Waals surface area contributed by atoms with Gasteiger partial charge in [-0.05, 0) is 42.5 Å². The minimum absolute atomic E-state index is 0.0302. The number of anilines is 2. The minimum atomic E-state index is -1.37. The van der Waals surface area contributed by atoms with Gasteiger partial charge >= 0.3 is 0 Å². The fourth-order valence-corrected chi connectivity index (χ4v) is 5.57. The molecule has 0 bridgehead atoms. The summed E-state index contributed by atoms with van der Waals surface area (Å²) < 4.78 is 11.6. The molecule has 0 fully saturated rings. The predicted octanol–water partition coefficient (Wildman–Crippen LogP) is 2.58. The van der Waals surface area contributed by atoms with Gasteiger partial charge in [-0.25, -0.2) is 9.97 Å². The molecule has 8 rings (SSSR count). The smallest absolute Gasteiger partial charge is 0.182 e. The molecule has 2 aromatic carbocycles. The van der Waals surface area contributed by atoms with Crippen molar-refractivity contribution in [1.29, 1.82) is 0 Å². The molecule has 236 valence electrons. The Labute approximate surface area is 268 Å². The fraction of sp³-hybridized carbons (Fsp3) is 0. The van der Waals surface area contributed by atoms with Gasteiger partial charge in [0.1, 0.15) is 22.7 Å². The van der Waals surface area contributed by atoms with E-state index < -0.39 is 11.9 Å². The van der Waals surface area contributed by atoms with E-state index in [9.17, 15) is 30.0 Å². The molecule has 14 heteroatoms. The lowest BCUT2D eigenvalue weighted by atomic mass is 9.96. The van der Waals surface area contributed by atoms with Gasteiger partial charge in [-0.1, -0.05) is 12.1 Å². The molecule has 4 aliphatic rings. The lowest BCUT2D eigenvalue weighted by Crippen LogP contribution is -2.23. The van der Waals surface area contributed by atoms with E-state index in [-0.39, 0.29) is 33.6 Å². The van der Waals surface area contributed by atoms with E-state index >= 15 is 0 Å². The van der Waals surface area contributed by atoms with Gasteiger partial charge < -0.3 is 55.5 Å². The van der Waals surface area contributed by atoms with E-state index in [4.69, 9.17) is 20.3 Å². The molecule has 4 heterocycles. The summed E-state index contributed by atoms with van der Waals surface area (Å²) in [4.78, 5) is 47.8. The Hall–Kier alpha value is -7.22. The number of nitrogens with two attached hydrogens (primary N) is 2. The number of nitrogens with zero attached hydrogens (tertiary/aromatic N) is 3. The monoisotopic (exact) mass is 638 g/mol. The Morgan fingerprint density at radius 1 is 0.667 bits per heavy atom. The fourth-order valence-electron chi connectivity index (χ4n) is 5.57. The highest BCUT2D eigenvalue weighted by Gasteiger charge is 2.22. The van der Waals surface area contributed by atoms with Gasteiger partial charge in [0, 0.05) is 62.6 Å². The number of carbonyl (C=O) groups is 2. The molecule has 14 nitrogen and oxygen atoms in total. The highest BCUT2D eigenvalue weighted by Crippen LogP contribution is 2.41. The van der Waals surface area contributed by atoms with E-state index in [0.29, 0.717) is 67.1 Å². The second kappa shape index (κ2) is 11.3. The molecule has 0 spiro atoms. The lowest BCUT2D eigenvalue weighted by molar-refractivity contribution is -0.256. The zero-order chi connectivity index (χ0) is 33.7. The zero-order valence-electron chi connectivity index (χ0n) is 24.4. The van der Waals surface area contributed by atoms with Crippen LogP contribution in [0.4, 0.5) is 11.4 Å². The highest BCUT2D eigenvalue weighted by molar-refractivity contribution is 6.07. The summed E-state index contributed by atoms with van der Waals surface area (Å²) in [5.41, 5.74) is 15.7. The van der Waals surface area contributed by atoms with Crippen LogP contribution in [0.3, 0.4) is 0 Å². The van der Waals surface area contributed by atoms with Crippen molar-refractivity contribution in [3.05, 3.63) is 118 Å². The number of imidazole rings is 2. The van der Waals surface area contributed by atoms with Crippen molar-refractivity contribution in [2.75, 3.05) is 11.5 Å². The summed E-state index contributed by atoms with van der Waals surface area (Å²) in [5.74, 6) is -2.03. The minimum Gasteiger partial charge on any atom is -0.804 e. The standard InChI is InChI=1S/C17H11N4O3.C17H11N3O4/c18-8-1-3-10-12(5-8)24-13-6-9(19)2-4-11(13)14(10)15-16(17(22)23)21-7-20-15;18-8-1-3-10-12(5-8)24-13-6-9(21)2-4-11(13)14(10)15-16(17(22)23)20-7-19-15/h1-7H,18H2,(H,20,21)(H,22,23);1-7H,18H2,(H,19,20)(H,22,23)/q-1;/p-2. The first-order valence-corrected chi connectivity index (χ1v) is 14.1. The third-order valence-corrected chi connectivity index (χ3v) is 7.61. The maximum Gasteiger partial charge on any atom is 0.182 e. The van der Waals surface area contributed by atoms with Crippen LogP contribution < -0.4 is 32.5 Å². The summed E-state index contributed by atoms with van der Waals surface area (Å²) in [7, 11) is 0. The third-order valence-electron chi connectivity index (χ3n) is 7.61. The number of benzene rings is 4. The number of hydrogen-bond acceptors (Lipinski definition) is 11. The summed E-state index contributed by atoms with van der Waals surface area (Å²) >= 11 is 0. The molecule has 2 aliphatic carbocycles. The second-order valence-electron chi connectivity index (χ2n) is 10.6. The molecule has 2 aliphatic heterocycles. The van der Waals surface area contributed by atoms with Gasteiger partial charge in [0.25, 0.3) is 0 Å². The Morgan fingerprint density at radius 2 is 1.15 bits per heavy atom. The number of H-pyrrole nitrogens is 2. The van der Waals surface area contributed by atoms with E-state index in [1.807, 2.05) is 0 Å². The largest absolute Gasteiger partial charge is 0.804 e. The third kappa shape index (κ3) is 5.04. The normalized spacial score (nSPS) is 11.2. The number of carboxylic acids is 2. The van der Waals surface area contributed by atoms with Crippen molar-refractivity contribution in [3.63, 3.8) is 0 Å². The topological polar surface area (TPSA) is 255 Å². The second-order valence-corrected chi connectivity index (χ2v) is 10.6. The molecule has 0 atom stereocenters. The maximum atomic E-state index is 11.6. The maximum absolute atomic E-state index is 11.6. The molecular formula is C34H20N7O7-3. The molecule has 6 N–H and O–H groups in total. The van der Waals surface area contributed by atoms with Crippen molar-refractivity contribution in [3.8, 4) is 45.2 Å². The Balaban J connectivity index is 0.000000152. The predicted molar refractivity (Wildman–Crippen MR) is 171 cm³/mol. The number of aromatic nitrogens is 4. The number of fused-ring (bicyclic) bond motifs is 4. The zero-order valence-corrected chi connectivity index (χ0v) is 24.4. The number of aromatic carboxylic acids is 2. The van der Waals surface area contributed by atoms with Crippen molar-refractivity contribution in [2.45, 2.75) is 0 Å². The summed E-state index contributed by atoms with van der Waals surface area (Å²) in [6.45, 7) is 0. The number of carboxylic acid groups (broad SMARTS) is 2. The number of carbonyl (C=O) groups excluding carboxylic acids is 2. The van der Waals surface area contributed by atoms with Gasteiger partial charge in [-0.3, -0.25) is 4.79 Å². The molecule has 0 amide bonds. The molecule has 4 aromatic rings. The van der Waals surface area contributed by atoms with Crippen molar-refractivity contribution >= 4 is 45.3 Å². The molecule has 0 radical (unpaired) electrons. The summed E-state index contributed by atoms with van der Waals surface area (Å²) in [5, 5.41) is 33.8. The van der Waals surface area contributed by atoms with Gasteiger partial charge in [-0.15, -0.1) is 0 Å². The van der Waals surface area contributed by atoms with Crippen LogP contribution in [0, 0.1) is 0 Å². The highest BCUT2D eigenvalue weighted by atomic mass is 16.4. The SMILES string of the molecule is Nc1ccc2c(-c3nc[nH]c3C(=O)[O-])c3ccc(=O)cc-3oc2c1.[N-]=c1ccc2c(-c3nc[nH]c3C(=O)[O-])c3ccc(N)cc3oc-2c1. The molecular weight excluding hydrogens is 618 g/mol. The van der Waals surface area contributed by atoms with Crippen molar-refractivity contribution in [2.24, 2.45) is 0 Å². The van der Waals surface area contributed by atoms with Crippen LogP contribution in [-0.4, -0.2) is 31.9 Å². The van der Waals surface area contributed by atoms with Crippen LogP contribution in [0.25, 0.3) is 72.5 Å². The van der Waals surface area contributed by atoms with Crippen LogP contribution >= 0.6 is 0 Å². The van der Waals surface area contributed by atoms with Crippen LogP contribution in [0.5, 0.6) is 0 Å². The lowest BCUT2D eigenvalue weighted by Gasteiger charge is -2.16. The van der Waals surface area contributed by atoms with E-state index in [1.165, 1.54) is 36.9 Å². The van der Waals surface area contributed by atoms with Crippen LogP contribution in [0.15, 0.2) is 99.1 Å². The number of aromatic amines is 2. The Morgan fingerprint density at radius 3 is 1.65 bits per heavy atom. The average Bonchev–Trinajstić information content (AvgIpc) is 3.73. The quantitative estimate of drug-likeness (QED) is 0.161. The molecule has 0 saturated heterocycles. The van der Waals surface area contributed by atoms with E-state index in [2.05, 4.69) is 19.9 Å². The van der Waals surface area contributed by atoms with Gasteiger partial charge in [0.2, 0.25) is 0 Å². The first-order valence-electron chi connectivity index (χ1n) is 14.1. The number of nitrogens with one attached hydrogen (secondary N) is 2. The molecule has 0 saturated carbocycles. The van der Waals surface area contributed by atoms with E-state index in [0.717, 1.165) is 0 Å². The average molecular weight is 639 g/mol. The number of hydrogen-bond donors (Lipinski definition) is 4. The van der Waals surface area contributed by atoms with Crippen molar-refractivity contribution < 1.29 is 28.6 Å². The molecule has 0 unspecified atom stereocenters. The van der Waals surface area contributed by atoms with E-state index in [1.54, 1.807) is 48.5 Å². The summed E-state index contributed by atoms with van der Waals surface area (Å²) in [6.07, 6.45) is 2.57. The van der Waals surface area contributed by atoms with Crippen molar-refractivity contribution in [1.82, 2.24) is 19.9 Å². The number of rotatable bonds is 4. The number of nitrogen functional groups attached to an aromatic ring is 2. The Bertz CT molecular complexity index is 2430. The van der Waals surface area contributed by atoms with Crippen LogP contribution in [-0.2, 0) is 0 Å². The van der Waals surface area contributed by atoms with Gasteiger partial charge in [0.15, 0.2) is 5.43 Å². The van der Waals surface area contributed by atoms with Gasteiger partial charge in [-0.2, -0.15) is 5.36 Å². The summed E-state index contributed by atoms with van der Waals surface area (Å²) in [6, 6.07) is 19.0.